The van der Waals surface area contributed by atoms with Gasteiger partial charge in [-0.1, -0.05) is 18.2 Å². The van der Waals surface area contributed by atoms with Gasteiger partial charge >= 0.3 is 11.9 Å². The highest BCUT2D eigenvalue weighted by atomic mass is 19.4. The third-order valence-corrected chi connectivity index (χ3v) is 9.04. The number of carbonyl (C=O) groups excluding carboxylic acids is 1. The fourth-order valence-corrected chi connectivity index (χ4v) is 6.35. The molecular weight excluding hydrogens is 608 g/mol. The summed E-state index contributed by atoms with van der Waals surface area (Å²) in [6, 6.07) is 10.6. The average molecular weight is 649 g/mol. The first-order chi connectivity index (χ1) is 21.7. The number of ether oxygens (including phenoxy) is 2. The number of piperidine rings is 1. The van der Waals surface area contributed by atoms with Gasteiger partial charge in [-0.05, 0) is 81.3 Å². The van der Waals surface area contributed by atoms with E-state index in [2.05, 4.69) is 10.2 Å². The average Bonchev–Trinajstić information content (AvgIpc) is 3.61. The summed E-state index contributed by atoms with van der Waals surface area (Å²) < 4.78 is 73.8. The van der Waals surface area contributed by atoms with Gasteiger partial charge in [0.2, 0.25) is 11.6 Å². The molecule has 0 spiro atoms. The van der Waals surface area contributed by atoms with Crippen molar-refractivity contribution in [3.05, 3.63) is 75.6 Å². The molecule has 0 bridgehead atoms. The van der Waals surface area contributed by atoms with Gasteiger partial charge in [0.25, 0.3) is 5.91 Å². The van der Waals surface area contributed by atoms with Crippen LogP contribution in [0, 0.1) is 0 Å². The van der Waals surface area contributed by atoms with Crippen molar-refractivity contribution in [2.45, 2.75) is 75.7 Å². The minimum Gasteiger partial charge on any atom is -0.497 e. The molecule has 3 heterocycles. The number of aryl methyl sites for hydroxylation is 1. The summed E-state index contributed by atoms with van der Waals surface area (Å²) in [7, 11) is 1.56. The molecule has 0 radical (unpaired) electrons. The first kappa shape index (κ1) is 33.5. The maximum absolute atomic E-state index is 17.1. The van der Waals surface area contributed by atoms with E-state index in [0.29, 0.717) is 37.1 Å². The molecule has 2 saturated heterocycles. The van der Waals surface area contributed by atoms with Crippen LogP contribution in [0.3, 0.4) is 0 Å². The molecule has 0 aliphatic carbocycles. The maximum atomic E-state index is 17.1. The number of nitrogens with zero attached hydrogens (tertiary/aromatic N) is 3. The Labute approximate surface area is 264 Å². The van der Waals surface area contributed by atoms with E-state index in [4.69, 9.17) is 13.9 Å². The van der Waals surface area contributed by atoms with E-state index in [0.717, 1.165) is 17.7 Å². The minimum atomic E-state index is -4.55. The van der Waals surface area contributed by atoms with Crippen LogP contribution < -0.4 is 15.2 Å². The maximum Gasteiger partial charge on any atom is 0.434 e. The molecule has 0 saturated carbocycles. The Morgan fingerprint density at radius 2 is 1.80 bits per heavy atom. The monoisotopic (exact) mass is 648 g/mol. The Hall–Kier alpha value is -3.87. The summed E-state index contributed by atoms with van der Waals surface area (Å²) in [5.41, 5.74) is -2.00. The van der Waals surface area contributed by atoms with Crippen LogP contribution in [0.5, 0.6) is 11.5 Å². The van der Waals surface area contributed by atoms with E-state index < -0.39 is 35.0 Å². The molecule has 1 N–H and O–H groups in total. The van der Waals surface area contributed by atoms with E-state index in [1.54, 1.807) is 36.3 Å². The first-order valence-electron chi connectivity index (χ1n) is 15.4. The Morgan fingerprint density at radius 1 is 1.11 bits per heavy atom. The molecule has 2 aliphatic heterocycles. The molecule has 2 aromatic carbocycles. The predicted octanol–water partition coefficient (Wildman–Crippen LogP) is 5.71. The van der Waals surface area contributed by atoms with E-state index >= 15 is 4.39 Å². The van der Waals surface area contributed by atoms with Gasteiger partial charge in [-0.3, -0.25) is 9.69 Å². The molecule has 46 heavy (non-hydrogen) atoms. The lowest BCUT2D eigenvalue weighted by atomic mass is 9.83. The van der Waals surface area contributed by atoms with Gasteiger partial charge in [0, 0.05) is 44.1 Å². The van der Waals surface area contributed by atoms with Gasteiger partial charge in [0.05, 0.1) is 19.3 Å². The molecule has 1 aromatic heterocycles. The van der Waals surface area contributed by atoms with Crippen LogP contribution in [0.15, 0.2) is 51.7 Å². The van der Waals surface area contributed by atoms with Crippen LogP contribution in [-0.4, -0.2) is 77.0 Å². The summed E-state index contributed by atoms with van der Waals surface area (Å²) in [5.74, 6) is -1.17. The molecule has 1 amide bonds. The van der Waals surface area contributed by atoms with E-state index in [9.17, 15) is 22.8 Å². The number of benzene rings is 2. The quantitative estimate of drug-likeness (QED) is 0.234. The highest BCUT2D eigenvalue weighted by Gasteiger charge is 2.57. The number of amides is 1. The largest absolute Gasteiger partial charge is 0.497 e. The van der Waals surface area contributed by atoms with E-state index in [1.165, 1.54) is 6.07 Å². The second-order valence-corrected chi connectivity index (χ2v) is 13.0. The fourth-order valence-electron chi connectivity index (χ4n) is 6.35. The number of nitrogens with one attached hydrogen (secondary N) is 1. The van der Waals surface area contributed by atoms with Crippen molar-refractivity contribution in [1.29, 1.82) is 0 Å². The van der Waals surface area contributed by atoms with Crippen molar-refractivity contribution in [1.82, 2.24) is 20.0 Å². The standard InChI is InChI=1S/C33H40F4N4O5/c1-31(2,3)41-19-26(22-7-10-24(44-4)11-8-22)32(34,20-41)29(42)40-15-13-21(14-16-40)25-12-9-23(33(35,36)37)18-27(25)45-17-5-6-28-38-39-30(43)46-28/h7-12,18,21,26H,5-6,13-17,19-20H2,1-4H3,(H,39,43)/t26-,32-/m0/s1. The van der Waals surface area contributed by atoms with Crippen molar-refractivity contribution in [3.63, 3.8) is 0 Å². The van der Waals surface area contributed by atoms with Gasteiger partial charge < -0.3 is 18.8 Å². The third kappa shape index (κ3) is 7.24. The topological polar surface area (TPSA) is 101 Å². The Kier molecular flexibility index (Phi) is 9.53. The van der Waals surface area contributed by atoms with E-state index in [1.807, 2.05) is 25.7 Å². The summed E-state index contributed by atoms with van der Waals surface area (Å²) >= 11 is 0. The molecule has 2 aliphatic rings. The number of aromatic nitrogens is 2. The van der Waals surface area contributed by atoms with Crippen molar-refractivity contribution >= 4 is 5.91 Å². The zero-order chi connectivity index (χ0) is 33.3. The molecule has 2 fully saturated rings. The number of carbonyl (C=O) groups is 1. The first-order valence-corrected chi connectivity index (χ1v) is 15.4. The van der Waals surface area contributed by atoms with Crippen LogP contribution in [0.4, 0.5) is 17.6 Å². The molecule has 0 unspecified atom stereocenters. The molecule has 250 valence electrons. The number of methoxy groups -OCH3 is 1. The lowest BCUT2D eigenvalue weighted by Gasteiger charge is -2.38. The van der Waals surface area contributed by atoms with Crippen LogP contribution >= 0.6 is 0 Å². The number of hydrogen-bond donors (Lipinski definition) is 1. The van der Waals surface area contributed by atoms with Crippen molar-refractivity contribution < 1.29 is 36.2 Å². The third-order valence-electron chi connectivity index (χ3n) is 9.04. The highest BCUT2D eigenvalue weighted by Crippen LogP contribution is 2.45. The number of hydrogen-bond acceptors (Lipinski definition) is 7. The number of alkyl halides is 4. The molecule has 3 aromatic rings. The number of rotatable bonds is 9. The minimum absolute atomic E-state index is 0.0372. The van der Waals surface area contributed by atoms with Gasteiger partial charge in [-0.25, -0.2) is 14.3 Å². The van der Waals surface area contributed by atoms with Crippen molar-refractivity contribution in [3.8, 4) is 11.5 Å². The van der Waals surface area contributed by atoms with Gasteiger partial charge in [0.15, 0.2) is 0 Å². The lowest BCUT2D eigenvalue weighted by Crippen LogP contribution is -2.53. The SMILES string of the molecule is COc1ccc([C@@H]2CN(C(C)(C)C)C[C@@]2(F)C(=O)N2CCC(c3ccc(C(F)(F)F)cc3OCCCc3n[nH]c(=O)o3)CC2)cc1. The number of halogens is 4. The predicted molar refractivity (Wildman–Crippen MR) is 162 cm³/mol. The summed E-state index contributed by atoms with van der Waals surface area (Å²) in [4.78, 5) is 28.7. The molecule has 9 nitrogen and oxygen atoms in total. The Balaban J connectivity index is 1.30. The van der Waals surface area contributed by atoms with Gasteiger partial charge in [-0.2, -0.15) is 13.2 Å². The van der Waals surface area contributed by atoms with Crippen LogP contribution in [-0.2, 0) is 17.4 Å². The Bertz CT molecular complexity index is 1560. The van der Waals surface area contributed by atoms with Crippen LogP contribution in [0.2, 0.25) is 0 Å². The smallest absolute Gasteiger partial charge is 0.434 e. The molecular formula is C33H40F4N4O5. The fraction of sp³-hybridized carbons (Fsp3) is 0.545. The number of likely N-dealkylation sites (tertiary alicyclic amines) is 2. The van der Waals surface area contributed by atoms with E-state index in [-0.39, 0.29) is 55.8 Å². The normalized spacial score (nSPS) is 21.5. The van der Waals surface area contributed by atoms with Crippen molar-refractivity contribution in [2.24, 2.45) is 0 Å². The van der Waals surface area contributed by atoms with Crippen molar-refractivity contribution in [2.75, 3.05) is 39.9 Å². The summed E-state index contributed by atoms with van der Waals surface area (Å²) in [5, 5.41) is 5.88. The second-order valence-electron chi connectivity index (χ2n) is 13.0. The Morgan fingerprint density at radius 3 is 2.39 bits per heavy atom. The second kappa shape index (κ2) is 13.1. The molecule has 5 rings (SSSR count). The van der Waals surface area contributed by atoms with Crippen LogP contribution in [0.1, 0.15) is 74.5 Å². The van der Waals surface area contributed by atoms with Gasteiger partial charge in [-0.15, -0.1) is 5.10 Å². The lowest BCUT2D eigenvalue weighted by molar-refractivity contribution is -0.145. The number of H-pyrrole nitrogens is 1. The summed E-state index contributed by atoms with van der Waals surface area (Å²) in [6.45, 7) is 6.94. The highest BCUT2D eigenvalue weighted by molar-refractivity contribution is 5.87. The van der Waals surface area contributed by atoms with Crippen LogP contribution in [0.25, 0.3) is 0 Å². The summed E-state index contributed by atoms with van der Waals surface area (Å²) in [6.07, 6.45) is -3.04. The molecule has 13 heteroatoms. The molecule has 2 atom stereocenters. The number of aromatic amines is 1. The zero-order valence-electron chi connectivity index (χ0n) is 26.5. The van der Waals surface area contributed by atoms with Gasteiger partial charge in [0.1, 0.15) is 11.5 Å². The zero-order valence-corrected chi connectivity index (χ0v) is 26.5.